The smallest absolute Gasteiger partial charge is 0.355 e. The summed E-state index contributed by atoms with van der Waals surface area (Å²) in [6.07, 6.45) is 0. The molecule has 0 amide bonds. The van der Waals surface area contributed by atoms with E-state index in [0.717, 1.165) is 21.2 Å². The molecule has 5 aromatic rings. The van der Waals surface area contributed by atoms with Crippen LogP contribution in [0.15, 0.2) is 90.3 Å². The molecular weight excluding hydrogens is 603 g/mol. The second-order valence-corrected chi connectivity index (χ2v) is 11.5. The molecule has 44 heavy (non-hydrogen) atoms. The number of nitrogens with two attached hydrogens (primary N) is 1. The number of carbonyl (C=O) groups excluding carboxylic acids is 1. The van der Waals surface area contributed by atoms with Crippen molar-refractivity contribution in [3.63, 3.8) is 0 Å². The molecular formula is C34H24ClFN2O5S. The molecule has 0 aliphatic carbocycles. The summed E-state index contributed by atoms with van der Waals surface area (Å²) in [6.45, 7) is 2.18. The van der Waals surface area contributed by atoms with E-state index in [-0.39, 0.29) is 29.6 Å². The van der Waals surface area contributed by atoms with Crippen molar-refractivity contribution in [3.8, 4) is 29.1 Å². The van der Waals surface area contributed by atoms with Crippen molar-refractivity contribution >= 4 is 39.0 Å². The number of thiophene rings is 1. The van der Waals surface area contributed by atoms with Crippen LogP contribution in [0.3, 0.4) is 0 Å². The first-order valence-electron chi connectivity index (χ1n) is 13.4. The molecule has 2 heterocycles. The van der Waals surface area contributed by atoms with Crippen LogP contribution in [0.1, 0.15) is 37.8 Å². The summed E-state index contributed by atoms with van der Waals surface area (Å²) in [7, 11) is 1.52. The first-order chi connectivity index (χ1) is 21.2. The Balaban J connectivity index is 1.28. The van der Waals surface area contributed by atoms with Gasteiger partial charge in [0.2, 0.25) is 5.88 Å². The van der Waals surface area contributed by atoms with Crippen molar-refractivity contribution in [2.75, 3.05) is 7.11 Å². The zero-order valence-corrected chi connectivity index (χ0v) is 25.1. The molecule has 0 saturated heterocycles. The summed E-state index contributed by atoms with van der Waals surface area (Å²) >= 11 is 7.78. The van der Waals surface area contributed by atoms with Gasteiger partial charge in [0.25, 0.3) is 0 Å². The predicted octanol–water partition coefficient (Wildman–Crippen LogP) is 8.03. The summed E-state index contributed by atoms with van der Waals surface area (Å²) in [4.78, 5) is 13.4. The normalized spacial score (nSPS) is 14.0. The van der Waals surface area contributed by atoms with E-state index in [4.69, 9.17) is 36.3 Å². The maximum Gasteiger partial charge on any atom is 0.355 e. The Morgan fingerprint density at radius 3 is 2.61 bits per heavy atom. The monoisotopic (exact) mass is 626 g/mol. The minimum Gasteiger partial charge on any atom is -0.493 e. The minimum absolute atomic E-state index is 0.0630. The van der Waals surface area contributed by atoms with Crippen molar-refractivity contribution in [1.82, 2.24) is 0 Å². The van der Waals surface area contributed by atoms with E-state index in [1.165, 1.54) is 30.6 Å². The fourth-order valence-electron chi connectivity index (χ4n) is 5.02. The summed E-state index contributed by atoms with van der Waals surface area (Å²) < 4.78 is 37.2. The van der Waals surface area contributed by atoms with Crippen LogP contribution >= 0.6 is 22.9 Å². The lowest BCUT2D eigenvalue weighted by Gasteiger charge is -2.27. The largest absolute Gasteiger partial charge is 0.493 e. The number of esters is 1. The van der Waals surface area contributed by atoms with Crippen molar-refractivity contribution in [2.45, 2.75) is 19.4 Å². The molecule has 1 aliphatic heterocycles. The Morgan fingerprint density at radius 2 is 1.86 bits per heavy atom. The molecule has 1 aromatic heterocycles. The maximum absolute atomic E-state index is 13.3. The highest BCUT2D eigenvalue weighted by Gasteiger charge is 2.32. The van der Waals surface area contributed by atoms with Crippen LogP contribution in [0.2, 0.25) is 5.02 Å². The molecule has 7 nitrogen and oxygen atoms in total. The van der Waals surface area contributed by atoms with Crippen LogP contribution in [-0.4, -0.2) is 13.1 Å². The molecule has 0 bridgehead atoms. The lowest BCUT2D eigenvalue weighted by atomic mass is 9.83. The van der Waals surface area contributed by atoms with Gasteiger partial charge in [-0.3, -0.25) is 0 Å². The second-order valence-electron chi connectivity index (χ2n) is 10.1. The molecule has 0 spiro atoms. The molecule has 0 radical (unpaired) electrons. The minimum atomic E-state index is -0.594. The highest BCUT2D eigenvalue weighted by Crippen LogP contribution is 2.45. The number of carbonyl (C=O) groups is 1. The highest BCUT2D eigenvalue weighted by molar-refractivity contribution is 7.21. The van der Waals surface area contributed by atoms with Crippen molar-refractivity contribution in [1.29, 1.82) is 5.26 Å². The Labute approximate surface area is 261 Å². The first-order valence-corrected chi connectivity index (χ1v) is 14.6. The molecule has 4 aromatic carbocycles. The molecule has 0 fully saturated rings. The zero-order chi connectivity index (χ0) is 31.0. The van der Waals surface area contributed by atoms with Gasteiger partial charge in [-0.2, -0.15) is 5.26 Å². The number of nitriles is 1. The van der Waals surface area contributed by atoms with E-state index in [1.807, 2.05) is 31.2 Å². The second kappa shape index (κ2) is 11.9. The number of rotatable bonds is 7. The molecule has 10 heteroatoms. The quantitative estimate of drug-likeness (QED) is 0.144. The fourth-order valence-corrected chi connectivity index (χ4v) is 6.51. The highest BCUT2D eigenvalue weighted by atomic mass is 35.5. The van der Waals surface area contributed by atoms with Crippen LogP contribution in [0, 0.1) is 24.1 Å². The first kappa shape index (κ1) is 29.1. The van der Waals surface area contributed by atoms with Gasteiger partial charge in [-0.1, -0.05) is 48.0 Å². The van der Waals surface area contributed by atoms with Gasteiger partial charge in [0.15, 0.2) is 11.5 Å². The Morgan fingerprint density at radius 1 is 1.07 bits per heavy atom. The average molecular weight is 627 g/mol. The summed E-state index contributed by atoms with van der Waals surface area (Å²) in [6, 6.07) is 24.2. The molecule has 1 unspecified atom stereocenters. The van der Waals surface area contributed by atoms with Gasteiger partial charge in [0.05, 0.1) is 18.1 Å². The molecule has 220 valence electrons. The van der Waals surface area contributed by atoms with Crippen LogP contribution in [0.5, 0.6) is 23.0 Å². The molecule has 1 aliphatic rings. The van der Waals surface area contributed by atoms with Gasteiger partial charge in [-0.05, 0) is 60.0 Å². The van der Waals surface area contributed by atoms with Crippen LogP contribution in [-0.2, 0) is 6.61 Å². The molecule has 0 saturated carbocycles. The van der Waals surface area contributed by atoms with E-state index in [2.05, 4.69) is 6.07 Å². The van der Waals surface area contributed by atoms with Crippen molar-refractivity contribution in [2.24, 2.45) is 5.73 Å². The number of methoxy groups -OCH3 is 1. The molecule has 1 atom stereocenters. The van der Waals surface area contributed by atoms with E-state index >= 15 is 0 Å². The van der Waals surface area contributed by atoms with E-state index in [9.17, 15) is 14.4 Å². The van der Waals surface area contributed by atoms with Gasteiger partial charge in [-0.25, -0.2) is 9.18 Å². The van der Waals surface area contributed by atoms with E-state index in [1.54, 1.807) is 42.5 Å². The van der Waals surface area contributed by atoms with Crippen molar-refractivity contribution in [3.05, 3.63) is 128 Å². The molecule has 2 N–H and O–H groups in total. The summed E-state index contributed by atoms with van der Waals surface area (Å²) in [5, 5.41) is 11.1. The lowest BCUT2D eigenvalue weighted by Crippen LogP contribution is -2.21. The predicted molar refractivity (Wildman–Crippen MR) is 166 cm³/mol. The Kier molecular flexibility index (Phi) is 7.87. The SMILES string of the molecule is COc1cc(C2C(C#N)=C(N)Oc3cc(OC(=O)c4sc5cc(C)ccc5c4Cl)ccc32)ccc1OCc1ccc(F)cc1. The van der Waals surface area contributed by atoms with E-state index < -0.39 is 11.9 Å². The Bertz CT molecular complexity index is 2000. The maximum atomic E-state index is 13.3. The third-order valence-corrected chi connectivity index (χ3v) is 8.84. The van der Waals surface area contributed by atoms with E-state index in [0.29, 0.717) is 38.3 Å². The standard InChI is InChI=1S/C34H24ClFN2O5S/c1-18-3-10-24-29(13-18)44-32(31(24)35)34(39)42-22-9-11-23-27(15-22)43-33(38)25(16-37)30(23)20-6-12-26(28(14-20)40-2)41-17-19-4-7-21(36)8-5-19/h3-15,30H,17,38H2,1-2H3. The van der Waals surface area contributed by atoms with Gasteiger partial charge in [0.1, 0.15) is 40.4 Å². The van der Waals surface area contributed by atoms with Crippen LogP contribution in [0.4, 0.5) is 4.39 Å². The van der Waals surface area contributed by atoms with Gasteiger partial charge in [-0.15, -0.1) is 11.3 Å². The number of hydrogen-bond acceptors (Lipinski definition) is 8. The number of benzene rings is 4. The fraction of sp³-hybridized carbons (Fsp3) is 0.118. The number of ether oxygens (including phenoxy) is 4. The number of allylic oxidation sites excluding steroid dienone is 1. The van der Waals surface area contributed by atoms with Crippen LogP contribution in [0.25, 0.3) is 10.1 Å². The number of fused-ring (bicyclic) bond motifs is 2. The van der Waals surface area contributed by atoms with Gasteiger partial charge < -0.3 is 24.7 Å². The molecule has 6 rings (SSSR count). The van der Waals surface area contributed by atoms with Gasteiger partial charge >= 0.3 is 5.97 Å². The topological polar surface area (TPSA) is 104 Å². The summed E-state index contributed by atoms with van der Waals surface area (Å²) in [5.41, 5.74) is 9.62. The average Bonchev–Trinajstić information content (AvgIpc) is 3.35. The third kappa shape index (κ3) is 5.53. The number of aryl methyl sites for hydroxylation is 1. The summed E-state index contributed by atoms with van der Waals surface area (Å²) in [5.74, 6) is -0.0914. The number of hydrogen-bond donors (Lipinski definition) is 1. The van der Waals surface area contributed by atoms with Crippen LogP contribution < -0.4 is 24.7 Å². The van der Waals surface area contributed by atoms with Crippen molar-refractivity contribution < 1.29 is 28.1 Å². The number of halogens is 2. The van der Waals surface area contributed by atoms with Gasteiger partial charge in [0, 0.05) is 21.7 Å². The lowest BCUT2D eigenvalue weighted by molar-refractivity contribution is 0.0739. The zero-order valence-electron chi connectivity index (χ0n) is 23.5. The third-order valence-electron chi connectivity index (χ3n) is 7.20. The Hall–Kier alpha value is -5.04. The number of nitrogens with zero attached hydrogens (tertiary/aromatic N) is 1.